The molecule has 0 radical (unpaired) electrons. The van der Waals surface area contributed by atoms with Crippen LogP contribution in [0.25, 0.3) is 0 Å². The van der Waals surface area contributed by atoms with Crippen LogP contribution in [0.2, 0.25) is 0 Å². The summed E-state index contributed by atoms with van der Waals surface area (Å²) in [6.07, 6.45) is 8.42. The number of nitrogens with zero attached hydrogens (tertiary/aromatic N) is 2. The standard InChI is InChI=1S/C16H18N2O/c1-2-13-10-16(19)18(12-13)15-7-5-6-14(11-15)17-8-3-4-9-17/h1,5-7,11,13H,3-4,8-10,12H2. The van der Waals surface area contributed by atoms with Crippen LogP contribution in [0.15, 0.2) is 24.3 Å². The van der Waals surface area contributed by atoms with Crippen molar-refractivity contribution in [2.75, 3.05) is 29.4 Å². The first-order valence-electron chi connectivity index (χ1n) is 6.89. The summed E-state index contributed by atoms with van der Waals surface area (Å²) in [5.74, 6) is 2.89. The van der Waals surface area contributed by atoms with E-state index < -0.39 is 0 Å². The van der Waals surface area contributed by atoms with E-state index >= 15 is 0 Å². The number of amides is 1. The van der Waals surface area contributed by atoms with Gasteiger partial charge in [0.05, 0.1) is 0 Å². The Balaban J connectivity index is 1.83. The lowest BCUT2D eigenvalue weighted by molar-refractivity contribution is -0.117. The lowest BCUT2D eigenvalue weighted by Crippen LogP contribution is -2.25. The molecule has 3 rings (SSSR count). The topological polar surface area (TPSA) is 23.6 Å². The number of carbonyl (C=O) groups excluding carboxylic acids is 1. The fourth-order valence-corrected chi connectivity index (χ4v) is 2.90. The van der Waals surface area contributed by atoms with Gasteiger partial charge in [-0.25, -0.2) is 0 Å². The molecule has 1 amide bonds. The van der Waals surface area contributed by atoms with Gasteiger partial charge in [-0.05, 0) is 31.0 Å². The molecule has 2 aliphatic rings. The molecule has 2 aliphatic heterocycles. The van der Waals surface area contributed by atoms with Crippen molar-refractivity contribution in [1.82, 2.24) is 0 Å². The molecule has 1 aromatic carbocycles. The van der Waals surface area contributed by atoms with Crippen LogP contribution < -0.4 is 9.80 Å². The number of anilines is 2. The van der Waals surface area contributed by atoms with E-state index in [1.165, 1.54) is 18.5 Å². The first-order chi connectivity index (χ1) is 9.28. The average Bonchev–Trinajstić information content (AvgIpc) is 3.08. The number of hydrogen-bond acceptors (Lipinski definition) is 2. The van der Waals surface area contributed by atoms with Crippen molar-refractivity contribution in [2.45, 2.75) is 19.3 Å². The SMILES string of the molecule is C#CC1CC(=O)N(c2cccc(N3CCCC3)c2)C1. The fourth-order valence-electron chi connectivity index (χ4n) is 2.90. The van der Waals surface area contributed by atoms with Gasteiger partial charge in [0.1, 0.15) is 0 Å². The predicted molar refractivity (Wildman–Crippen MR) is 77.2 cm³/mol. The molecular formula is C16H18N2O. The molecule has 0 aliphatic carbocycles. The van der Waals surface area contributed by atoms with Crippen LogP contribution in [0.5, 0.6) is 0 Å². The molecule has 1 unspecified atom stereocenters. The van der Waals surface area contributed by atoms with Crippen LogP contribution in [0.1, 0.15) is 19.3 Å². The highest BCUT2D eigenvalue weighted by atomic mass is 16.2. The van der Waals surface area contributed by atoms with Crippen molar-refractivity contribution in [3.63, 3.8) is 0 Å². The minimum absolute atomic E-state index is 0.0583. The van der Waals surface area contributed by atoms with Crippen LogP contribution in [0.3, 0.4) is 0 Å². The second-order valence-electron chi connectivity index (χ2n) is 5.29. The maximum Gasteiger partial charge on any atom is 0.228 e. The smallest absolute Gasteiger partial charge is 0.228 e. The van der Waals surface area contributed by atoms with Crippen molar-refractivity contribution < 1.29 is 4.79 Å². The second-order valence-corrected chi connectivity index (χ2v) is 5.29. The Morgan fingerprint density at radius 1 is 1.21 bits per heavy atom. The third-order valence-electron chi connectivity index (χ3n) is 3.97. The molecule has 0 spiro atoms. The molecule has 0 bridgehead atoms. The molecule has 2 heterocycles. The van der Waals surface area contributed by atoms with Gasteiger partial charge >= 0.3 is 0 Å². The molecule has 0 saturated carbocycles. The molecule has 19 heavy (non-hydrogen) atoms. The van der Waals surface area contributed by atoms with E-state index in [4.69, 9.17) is 6.42 Å². The molecule has 0 N–H and O–H groups in total. The zero-order chi connectivity index (χ0) is 13.2. The van der Waals surface area contributed by atoms with Crippen LogP contribution in [0.4, 0.5) is 11.4 Å². The Bertz CT molecular complexity index is 526. The molecule has 3 nitrogen and oxygen atoms in total. The lowest BCUT2D eigenvalue weighted by Gasteiger charge is -2.21. The maximum absolute atomic E-state index is 12.0. The molecule has 3 heteroatoms. The van der Waals surface area contributed by atoms with E-state index in [2.05, 4.69) is 23.0 Å². The van der Waals surface area contributed by atoms with E-state index in [1.807, 2.05) is 17.0 Å². The predicted octanol–water partition coefficient (Wildman–Crippen LogP) is 2.27. The quantitative estimate of drug-likeness (QED) is 0.756. The Morgan fingerprint density at radius 3 is 2.63 bits per heavy atom. The Labute approximate surface area is 114 Å². The summed E-state index contributed by atoms with van der Waals surface area (Å²) in [5, 5.41) is 0. The van der Waals surface area contributed by atoms with E-state index in [1.54, 1.807) is 0 Å². The van der Waals surface area contributed by atoms with E-state index in [-0.39, 0.29) is 11.8 Å². The van der Waals surface area contributed by atoms with Crippen LogP contribution in [-0.4, -0.2) is 25.5 Å². The monoisotopic (exact) mass is 254 g/mol. The summed E-state index contributed by atoms with van der Waals surface area (Å²) in [6.45, 7) is 2.88. The number of rotatable bonds is 2. The molecule has 2 fully saturated rings. The fraction of sp³-hybridized carbons (Fsp3) is 0.438. The van der Waals surface area contributed by atoms with Crippen molar-refractivity contribution in [3.8, 4) is 12.3 Å². The van der Waals surface area contributed by atoms with E-state index in [0.29, 0.717) is 13.0 Å². The molecular weight excluding hydrogens is 236 g/mol. The van der Waals surface area contributed by atoms with Crippen molar-refractivity contribution >= 4 is 17.3 Å². The van der Waals surface area contributed by atoms with E-state index in [9.17, 15) is 4.79 Å². The van der Waals surface area contributed by atoms with Gasteiger partial charge in [0.2, 0.25) is 5.91 Å². The summed E-state index contributed by atoms with van der Waals surface area (Å²) in [5.41, 5.74) is 2.19. The van der Waals surface area contributed by atoms with Gasteiger partial charge in [-0.15, -0.1) is 12.3 Å². The third-order valence-corrected chi connectivity index (χ3v) is 3.97. The Kier molecular flexibility index (Phi) is 3.16. The highest BCUT2D eigenvalue weighted by Gasteiger charge is 2.29. The van der Waals surface area contributed by atoms with Gasteiger partial charge in [0.15, 0.2) is 0 Å². The van der Waals surface area contributed by atoms with Crippen molar-refractivity contribution in [1.29, 1.82) is 0 Å². The Hall–Kier alpha value is -1.95. The van der Waals surface area contributed by atoms with Crippen molar-refractivity contribution in [2.24, 2.45) is 5.92 Å². The normalized spacial score (nSPS) is 22.9. The summed E-state index contributed by atoms with van der Waals surface area (Å²) in [7, 11) is 0. The zero-order valence-corrected chi connectivity index (χ0v) is 11.0. The van der Waals surface area contributed by atoms with Gasteiger partial charge < -0.3 is 9.80 Å². The van der Waals surface area contributed by atoms with Crippen LogP contribution >= 0.6 is 0 Å². The molecule has 98 valence electrons. The van der Waals surface area contributed by atoms with Crippen molar-refractivity contribution in [3.05, 3.63) is 24.3 Å². The first kappa shape index (κ1) is 12.1. The summed E-state index contributed by atoms with van der Waals surface area (Å²) < 4.78 is 0. The molecule has 0 aromatic heterocycles. The lowest BCUT2D eigenvalue weighted by atomic mass is 10.1. The second kappa shape index (κ2) is 4.97. The molecule has 1 aromatic rings. The minimum atomic E-state index is 0.0583. The number of hydrogen-bond donors (Lipinski definition) is 0. The molecule has 2 saturated heterocycles. The summed E-state index contributed by atoms with van der Waals surface area (Å²) in [4.78, 5) is 16.2. The number of benzene rings is 1. The van der Waals surface area contributed by atoms with Gasteiger partial charge in [0.25, 0.3) is 0 Å². The van der Waals surface area contributed by atoms with Gasteiger partial charge in [-0.1, -0.05) is 6.07 Å². The minimum Gasteiger partial charge on any atom is -0.371 e. The largest absolute Gasteiger partial charge is 0.371 e. The number of carbonyl (C=O) groups is 1. The van der Waals surface area contributed by atoms with Crippen LogP contribution in [0, 0.1) is 18.3 Å². The molecule has 1 atom stereocenters. The first-order valence-corrected chi connectivity index (χ1v) is 6.89. The number of terminal acetylenes is 1. The Morgan fingerprint density at radius 2 is 1.95 bits per heavy atom. The van der Waals surface area contributed by atoms with Gasteiger partial charge in [0, 0.05) is 43.3 Å². The van der Waals surface area contributed by atoms with E-state index in [0.717, 1.165) is 18.8 Å². The zero-order valence-electron chi connectivity index (χ0n) is 11.0. The van der Waals surface area contributed by atoms with Crippen LogP contribution in [-0.2, 0) is 4.79 Å². The maximum atomic E-state index is 12.0. The van der Waals surface area contributed by atoms with Gasteiger partial charge in [-0.3, -0.25) is 4.79 Å². The highest BCUT2D eigenvalue weighted by molar-refractivity contribution is 5.96. The van der Waals surface area contributed by atoms with Gasteiger partial charge in [-0.2, -0.15) is 0 Å². The summed E-state index contributed by atoms with van der Waals surface area (Å²) in [6, 6.07) is 8.26. The third kappa shape index (κ3) is 2.31. The highest BCUT2D eigenvalue weighted by Crippen LogP contribution is 2.29. The average molecular weight is 254 g/mol. The summed E-state index contributed by atoms with van der Waals surface area (Å²) >= 11 is 0.